The quantitative estimate of drug-likeness (QED) is 0.707. The lowest BCUT2D eigenvalue weighted by molar-refractivity contribution is 0.0600. The second kappa shape index (κ2) is 7.26. The third-order valence-electron chi connectivity index (χ3n) is 3.93. The van der Waals surface area contributed by atoms with E-state index in [1.165, 1.54) is 7.11 Å². The van der Waals surface area contributed by atoms with Crippen LogP contribution in [0.4, 0.5) is 0 Å². The number of hydrogen-bond donors (Lipinski definition) is 1. The van der Waals surface area contributed by atoms with Crippen molar-refractivity contribution in [3.63, 3.8) is 0 Å². The predicted octanol–water partition coefficient (Wildman–Crippen LogP) is 3.27. The van der Waals surface area contributed by atoms with Crippen molar-refractivity contribution in [2.45, 2.75) is 20.4 Å². The van der Waals surface area contributed by atoms with Crippen molar-refractivity contribution in [1.29, 1.82) is 0 Å². The van der Waals surface area contributed by atoms with Gasteiger partial charge in [0.05, 0.1) is 30.5 Å². The van der Waals surface area contributed by atoms with E-state index in [0.717, 1.165) is 11.3 Å². The number of esters is 1. The van der Waals surface area contributed by atoms with Crippen LogP contribution in [0.3, 0.4) is 0 Å². The van der Waals surface area contributed by atoms with Crippen molar-refractivity contribution in [2.24, 2.45) is 0 Å². The normalized spacial score (nSPS) is 10.6. The fourth-order valence-corrected chi connectivity index (χ4v) is 2.59. The fraction of sp³-hybridized carbons (Fsp3) is 0.211. The Hall–Kier alpha value is -3.35. The molecule has 0 bridgehead atoms. The van der Waals surface area contributed by atoms with Gasteiger partial charge in [0.2, 0.25) is 0 Å². The van der Waals surface area contributed by atoms with Gasteiger partial charge in [-0.25, -0.2) is 4.79 Å². The third-order valence-corrected chi connectivity index (χ3v) is 3.93. The number of nitrogens with zero attached hydrogens (tertiary/aromatic N) is 1. The summed E-state index contributed by atoms with van der Waals surface area (Å²) in [5.41, 5.74) is 2.40. The molecule has 26 heavy (non-hydrogen) atoms. The van der Waals surface area contributed by atoms with Crippen LogP contribution in [0.1, 0.15) is 37.9 Å². The monoisotopic (exact) mass is 354 g/mol. The molecule has 2 aromatic heterocycles. The lowest BCUT2D eigenvalue weighted by Crippen LogP contribution is -2.22. The minimum Gasteiger partial charge on any atom is -0.465 e. The summed E-state index contributed by atoms with van der Waals surface area (Å²) in [7, 11) is 1.31. The van der Waals surface area contributed by atoms with E-state index in [9.17, 15) is 9.59 Å². The molecule has 1 N–H and O–H groups in total. The highest BCUT2D eigenvalue weighted by molar-refractivity contribution is 5.96. The van der Waals surface area contributed by atoms with Gasteiger partial charge < -0.3 is 19.0 Å². The SMILES string of the molecule is COC(=O)c1ccc(C(=O)NCc2ccc(-c3c(C)noc3C)o2)cc1. The number of aryl methyl sites for hydroxylation is 2. The first kappa shape index (κ1) is 17.5. The second-order valence-corrected chi connectivity index (χ2v) is 5.72. The summed E-state index contributed by atoms with van der Waals surface area (Å²) < 4.78 is 15.5. The molecule has 0 saturated carbocycles. The summed E-state index contributed by atoms with van der Waals surface area (Å²) in [4.78, 5) is 23.6. The zero-order valence-electron chi connectivity index (χ0n) is 14.7. The van der Waals surface area contributed by atoms with E-state index in [0.29, 0.717) is 28.4 Å². The molecule has 0 fully saturated rings. The van der Waals surface area contributed by atoms with Crippen LogP contribution in [0, 0.1) is 13.8 Å². The molecule has 0 radical (unpaired) electrons. The van der Waals surface area contributed by atoms with E-state index in [-0.39, 0.29) is 12.5 Å². The molecule has 134 valence electrons. The number of carbonyl (C=O) groups excluding carboxylic acids is 2. The first-order valence-electron chi connectivity index (χ1n) is 7.98. The number of furan rings is 1. The van der Waals surface area contributed by atoms with Gasteiger partial charge in [0.25, 0.3) is 5.91 Å². The summed E-state index contributed by atoms with van der Waals surface area (Å²) in [6.45, 7) is 3.89. The van der Waals surface area contributed by atoms with Crippen LogP contribution in [0.15, 0.2) is 45.3 Å². The Morgan fingerprint density at radius 3 is 2.38 bits per heavy atom. The number of rotatable bonds is 5. The number of ether oxygens (including phenoxy) is 1. The summed E-state index contributed by atoms with van der Waals surface area (Å²) in [5, 5.41) is 6.68. The fourth-order valence-electron chi connectivity index (χ4n) is 2.59. The largest absolute Gasteiger partial charge is 0.465 e. The maximum atomic E-state index is 12.2. The average Bonchev–Trinajstić information content (AvgIpc) is 3.25. The van der Waals surface area contributed by atoms with E-state index >= 15 is 0 Å². The highest BCUT2D eigenvalue weighted by Gasteiger charge is 2.16. The van der Waals surface area contributed by atoms with Gasteiger partial charge in [-0.15, -0.1) is 0 Å². The molecule has 0 saturated heterocycles. The molecule has 7 heteroatoms. The molecular formula is C19H18N2O5. The molecule has 0 atom stereocenters. The Kier molecular flexibility index (Phi) is 4.88. The summed E-state index contributed by atoms with van der Waals surface area (Å²) in [5.74, 6) is 1.22. The van der Waals surface area contributed by atoms with Crippen molar-refractivity contribution in [3.05, 3.63) is 64.7 Å². The molecule has 0 aliphatic heterocycles. The van der Waals surface area contributed by atoms with Crippen LogP contribution in [0.5, 0.6) is 0 Å². The van der Waals surface area contributed by atoms with Gasteiger partial charge in [0.1, 0.15) is 17.3 Å². The number of carbonyl (C=O) groups is 2. The first-order chi connectivity index (χ1) is 12.5. The molecular weight excluding hydrogens is 336 g/mol. The molecule has 2 heterocycles. The van der Waals surface area contributed by atoms with E-state index in [2.05, 4.69) is 15.2 Å². The Morgan fingerprint density at radius 1 is 1.08 bits per heavy atom. The van der Waals surface area contributed by atoms with Crippen LogP contribution in [-0.4, -0.2) is 24.1 Å². The molecule has 0 aliphatic rings. The van der Waals surface area contributed by atoms with E-state index in [1.54, 1.807) is 30.3 Å². The van der Waals surface area contributed by atoms with E-state index < -0.39 is 5.97 Å². The van der Waals surface area contributed by atoms with Gasteiger partial charge in [-0.2, -0.15) is 0 Å². The van der Waals surface area contributed by atoms with E-state index in [4.69, 9.17) is 8.94 Å². The predicted molar refractivity (Wildman–Crippen MR) is 92.6 cm³/mol. The second-order valence-electron chi connectivity index (χ2n) is 5.72. The lowest BCUT2D eigenvalue weighted by atomic mass is 10.1. The third kappa shape index (κ3) is 3.51. The van der Waals surface area contributed by atoms with Crippen molar-refractivity contribution >= 4 is 11.9 Å². The molecule has 3 rings (SSSR count). The number of nitrogens with one attached hydrogen (secondary N) is 1. The zero-order valence-corrected chi connectivity index (χ0v) is 14.7. The van der Waals surface area contributed by atoms with Gasteiger partial charge in [0.15, 0.2) is 0 Å². The number of hydrogen-bond acceptors (Lipinski definition) is 6. The van der Waals surface area contributed by atoms with Crippen LogP contribution in [-0.2, 0) is 11.3 Å². The number of methoxy groups -OCH3 is 1. The number of amides is 1. The Balaban J connectivity index is 1.64. The topological polar surface area (TPSA) is 94.6 Å². The molecule has 1 amide bonds. The smallest absolute Gasteiger partial charge is 0.337 e. The summed E-state index contributed by atoms with van der Waals surface area (Å²) >= 11 is 0. The maximum Gasteiger partial charge on any atom is 0.337 e. The minimum absolute atomic E-state index is 0.237. The van der Waals surface area contributed by atoms with Crippen molar-refractivity contribution in [3.8, 4) is 11.3 Å². The average molecular weight is 354 g/mol. The number of aromatic nitrogens is 1. The molecule has 0 aliphatic carbocycles. The van der Waals surface area contributed by atoms with Crippen molar-refractivity contribution in [2.75, 3.05) is 7.11 Å². The van der Waals surface area contributed by atoms with E-state index in [1.807, 2.05) is 19.9 Å². The zero-order chi connectivity index (χ0) is 18.7. The Labute approximate surface area is 149 Å². The van der Waals surface area contributed by atoms with Gasteiger partial charge in [-0.05, 0) is 50.2 Å². The molecule has 0 spiro atoms. The summed E-state index contributed by atoms with van der Waals surface area (Å²) in [6, 6.07) is 9.84. The lowest BCUT2D eigenvalue weighted by Gasteiger charge is -2.04. The van der Waals surface area contributed by atoms with Crippen LogP contribution in [0.2, 0.25) is 0 Å². The minimum atomic E-state index is -0.445. The summed E-state index contributed by atoms with van der Waals surface area (Å²) in [6.07, 6.45) is 0. The molecule has 7 nitrogen and oxygen atoms in total. The van der Waals surface area contributed by atoms with Gasteiger partial charge in [-0.1, -0.05) is 5.16 Å². The van der Waals surface area contributed by atoms with Gasteiger partial charge in [-0.3, -0.25) is 4.79 Å². The van der Waals surface area contributed by atoms with Gasteiger partial charge in [0, 0.05) is 5.56 Å². The van der Waals surface area contributed by atoms with Crippen molar-refractivity contribution < 1.29 is 23.3 Å². The van der Waals surface area contributed by atoms with Crippen molar-refractivity contribution in [1.82, 2.24) is 10.5 Å². The Bertz CT molecular complexity index is 918. The van der Waals surface area contributed by atoms with Crippen LogP contribution in [0.25, 0.3) is 11.3 Å². The highest BCUT2D eigenvalue weighted by atomic mass is 16.5. The van der Waals surface area contributed by atoms with Crippen LogP contribution < -0.4 is 5.32 Å². The molecule has 1 aromatic carbocycles. The Morgan fingerprint density at radius 2 is 1.77 bits per heavy atom. The standard InChI is InChI=1S/C19H18N2O5/c1-11-17(12(2)26-21-11)16-9-8-15(25-16)10-20-18(22)13-4-6-14(7-5-13)19(23)24-3/h4-9H,10H2,1-3H3,(H,20,22). The molecule has 3 aromatic rings. The number of benzene rings is 1. The van der Waals surface area contributed by atoms with Gasteiger partial charge >= 0.3 is 5.97 Å². The highest BCUT2D eigenvalue weighted by Crippen LogP contribution is 2.28. The van der Waals surface area contributed by atoms with Crippen LogP contribution >= 0.6 is 0 Å². The first-order valence-corrected chi connectivity index (χ1v) is 7.98. The molecule has 0 unspecified atom stereocenters. The maximum absolute atomic E-state index is 12.2.